The van der Waals surface area contributed by atoms with Crippen molar-refractivity contribution in [3.05, 3.63) is 21.4 Å². The largest absolute Gasteiger partial charge is 0.144 e. The van der Waals surface area contributed by atoms with E-state index in [4.69, 9.17) is 0 Å². The van der Waals surface area contributed by atoms with Crippen molar-refractivity contribution in [3.63, 3.8) is 0 Å². The zero-order valence-corrected chi connectivity index (χ0v) is 20.5. The van der Waals surface area contributed by atoms with Crippen LogP contribution in [0, 0.1) is 0 Å². The molecule has 0 nitrogen and oxygen atoms in total. The Bertz CT molecular complexity index is 506. The fourth-order valence-electron chi connectivity index (χ4n) is 3.66. The lowest BCUT2D eigenvalue weighted by molar-refractivity contribution is 0.509. The Labute approximate surface area is 175 Å². The third-order valence-corrected chi connectivity index (χ3v) is 8.57. The number of thiophene rings is 1. The van der Waals surface area contributed by atoms with Crippen LogP contribution in [0.25, 0.3) is 0 Å². The number of hydrogen-bond acceptors (Lipinski definition) is 1. The fraction of sp³-hybridized carbons (Fsp3) is 0.846. The molecule has 0 aromatic carbocycles. The summed E-state index contributed by atoms with van der Waals surface area (Å²) in [5.41, 5.74) is 2.29. The van der Waals surface area contributed by atoms with Gasteiger partial charge in [0.15, 0.2) is 0 Å². The summed E-state index contributed by atoms with van der Waals surface area (Å²) >= 11 is 2.10. The smallest absolute Gasteiger partial charge is 0.0137 e. The topological polar surface area (TPSA) is 0 Å². The molecule has 0 bridgehead atoms. The molecule has 0 aliphatic carbocycles. The molecule has 0 radical (unpaired) electrons. The standard InChI is InChI=1S/C26H48S/c1-8-11-12-13-14-15-16-17-18-19-20-22-21-23(25(4,5)9-2)27-24(22)26(6,7)10-3/h21H,8-20H2,1-7H3. The predicted octanol–water partition coefficient (Wildman–Crippen LogP) is 9.59. The van der Waals surface area contributed by atoms with Crippen molar-refractivity contribution >= 4 is 11.3 Å². The van der Waals surface area contributed by atoms with Crippen LogP contribution in [0.2, 0.25) is 0 Å². The maximum Gasteiger partial charge on any atom is 0.0137 e. The molecular weight excluding hydrogens is 344 g/mol. The van der Waals surface area contributed by atoms with Gasteiger partial charge in [0.25, 0.3) is 0 Å². The summed E-state index contributed by atoms with van der Waals surface area (Å²) in [6.07, 6.45) is 18.0. The van der Waals surface area contributed by atoms with E-state index in [0.717, 1.165) is 0 Å². The maximum absolute atomic E-state index is 2.56. The normalized spacial score (nSPS) is 12.7. The lowest BCUT2D eigenvalue weighted by Gasteiger charge is -2.24. The average molecular weight is 393 g/mol. The quantitative estimate of drug-likeness (QED) is 0.261. The van der Waals surface area contributed by atoms with E-state index in [0.29, 0.717) is 10.8 Å². The number of hydrogen-bond donors (Lipinski definition) is 0. The number of unbranched alkanes of at least 4 members (excludes halogenated alkanes) is 9. The van der Waals surface area contributed by atoms with Crippen LogP contribution >= 0.6 is 11.3 Å². The minimum atomic E-state index is 0.319. The molecule has 0 amide bonds. The van der Waals surface area contributed by atoms with Gasteiger partial charge >= 0.3 is 0 Å². The molecule has 0 saturated heterocycles. The second kappa shape index (κ2) is 12.3. The zero-order valence-electron chi connectivity index (χ0n) is 19.7. The molecule has 0 aliphatic rings. The van der Waals surface area contributed by atoms with Crippen LogP contribution in [0.1, 0.15) is 141 Å². The van der Waals surface area contributed by atoms with Crippen LogP contribution in [0.3, 0.4) is 0 Å². The first-order chi connectivity index (χ1) is 12.8. The monoisotopic (exact) mass is 392 g/mol. The molecular formula is C26H48S. The van der Waals surface area contributed by atoms with Gasteiger partial charge in [0.1, 0.15) is 0 Å². The minimum Gasteiger partial charge on any atom is -0.144 e. The zero-order chi connectivity index (χ0) is 20.3. The van der Waals surface area contributed by atoms with Gasteiger partial charge < -0.3 is 0 Å². The van der Waals surface area contributed by atoms with Crippen molar-refractivity contribution in [3.8, 4) is 0 Å². The summed E-state index contributed by atoms with van der Waals surface area (Å²) in [4.78, 5) is 3.26. The molecule has 1 heterocycles. The highest BCUT2D eigenvalue weighted by molar-refractivity contribution is 7.12. The molecule has 1 heteroatoms. The van der Waals surface area contributed by atoms with Crippen LogP contribution in [0.4, 0.5) is 0 Å². The highest BCUT2D eigenvalue weighted by Crippen LogP contribution is 2.42. The second-order valence-electron chi connectivity index (χ2n) is 9.87. The maximum atomic E-state index is 2.56. The molecule has 158 valence electrons. The van der Waals surface area contributed by atoms with Gasteiger partial charge in [0.2, 0.25) is 0 Å². The molecule has 0 atom stereocenters. The summed E-state index contributed by atoms with van der Waals surface area (Å²) in [5, 5.41) is 0. The third kappa shape index (κ3) is 8.30. The first-order valence-electron chi connectivity index (χ1n) is 11.9. The van der Waals surface area contributed by atoms with E-state index in [2.05, 4.69) is 65.9 Å². The van der Waals surface area contributed by atoms with Gasteiger partial charge in [-0.2, -0.15) is 0 Å². The predicted molar refractivity (Wildman–Crippen MR) is 127 cm³/mol. The van der Waals surface area contributed by atoms with Crippen molar-refractivity contribution in [1.29, 1.82) is 0 Å². The molecule has 0 saturated carbocycles. The molecule has 0 spiro atoms. The molecule has 27 heavy (non-hydrogen) atoms. The van der Waals surface area contributed by atoms with Crippen molar-refractivity contribution in [2.24, 2.45) is 0 Å². The fourth-order valence-corrected chi connectivity index (χ4v) is 5.21. The van der Waals surface area contributed by atoms with E-state index < -0.39 is 0 Å². The lowest BCUT2D eigenvalue weighted by Crippen LogP contribution is -2.15. The molecule has 1 aromatic rings. The summed E-state index contributed by atoms with van der Waals surface area (Å²) in [6.45, 7) is 16.7. The summed E-state index contributed by atoms with van der Waals surface area (Å²) in [6, 6.07) is 2.56. The molecule has 1 rings (SSSR count). The SMILES string of the molecule is CCCCCCCCCCCCc1cc(C(C)(C)CC)sc1C(C)(C)CC. The van der Waals surface area contributed by atoms with Crippen molar-refractivity contribution in [1.82, 2.24) is 0 Å². The van der Waals surface area contributed by atoms with Crippen LogP contribution in [0.15, 0.2) is 6.07 Å². The van der Waals surface area contributed by atoms with Crippen LogP contribution in [-0.2, 0) is 17.3 Å². The third-order valence-electron chi connectivity index (χ3n) is 6.66. The van der Waals surface area contributed by atoms with Gasteiger partial charge in [-0.25, -0.2) is 0 Å². The molecule has 1 aromatic heterocycles. The molecule has 0 aliphatic heterocycles. The molecule has 0 fully saturated rings. The van der Waals surface area contributed by atoms with E-state index in [-0.39, 0.29) is 0 Å². The Kier molecular flexibility index (Phi) is 11.3. The first kappa shape index (κ1) is 24.7. The minimum absolute atomic E-state index is 0.319. The molecule has 0 N–H and O–H groups in total. The number of rotatable bonds is 15. The highest BCUT2D eigenvalue weighted by atomic mass is 32.1. The van der Waals surface area contributed by atoms with Gasteiger partial charge in [-0.3, -0.25) is 0 Å². The van der Waals surface area contributed by atoms with E-state index >= 15 is 0 Å². The van der Waals surface area contributed by atoms with Crippen molar-refractivity contribution in [2.45, 2.75) is 143 Å². The van der Waals surface area contributed by atoms with Crippen LogP contribution in [-0.4, -0.2) is 0 Å². The van der Waals surface area contributed by atoms with Crippen LogP contribution in [0.5, 0.6) is 0 Å². The Morgan fingerprint density at radius 1 is 0.667 bits per heavy atom. The lowest BCUT2D eigenvalue weighted by atomic mass is 9.84. The summed E-state index contributed by atoms with van der Waals surface area (Å²) in [7, 11) is 0. The van der Waals surface area contributed by atoms with E-state index in [9.17, 15) is 0 Å². The van der Waals surface area contributed by atoms with Gasteiger partial charge in [-0.1, -0.05) is 106 Å². The van der Waals surface area contributed by atoms with E-state index in [1.54, 1.807) is 15.3 Å². The Balaban J connectivity index is 2.49. The van der Waals surface area contributed by atoms with Gasteiger partial charge in [0, 0.05) is 9.75 Å². The highest BCUT2D eigenvalue weighted by Gasteiger charge is 2.28. The van der Waals surface area contributed by atoms with Gasteiger partial charge in [-0.05, 0) is 48.1 Å². The van der Waals surface area contributed by atoms with Crippen LogP contribution < -0.4 is 0 Å². The second-order valence-corrected chi connectivity index (χ2v) is 10.9. The van der Waals surface area contributed by atoms with E-state index in [1.807, 2.05) is 0 Å². The van der Waals surface area contributed by atoms with Crippen molar-refractivity contribution < 1.29 is 0 Å². The average Bonchev–Trinajstić information content (AvgIpc) is 3.09. The van der Waals surface area contributed by atoms with Crippen molar-refractivity contribution in [2.75, 3.05) is 0 Å². The Hall–Kier alpha value is -0.300. The van der Waals surface area contributed by atoms with Gasteiger partial charge in [-0.15, -0.1) is 11.3 Å². The first-order valence-corrected chi connectivity index (χ1v) is 12.7. The van der Waals surface area contributed by atoms with Gasteiger partial charge in [0.05, 0.1) is 0 Å². The Morgan fingerprint density at radius 2 is 1.15 bits per heavy atom. The summed E-state index contributed by atoms with van der Waals surface area (Å²) < 4.78 is 0. The van der Waals surface area contributed by atoms with E-state index in [1.165, 1.54) is 83.5 Å². The summed E-state index contributed by atoms with van der Waals surface area (Å²) in [5.74, 6) is 0. The molecule has 0 unspecified atom stereocenters. The Morgan fingerprint density at radius 3 is 1.63 bits per heavy atom. The number of aryl methyl sites for hydroxylation is 1.